The summed E-state index contributed by atoms with van der Waals surface area (Å²) < 4.78 is 2.34. The van der Waals surface area contributed by atoms with Gasteiger partial charge in [0.1, 0.15) is 0 Å². The van der Waals surface area contributed by atoms with E-state index in [1.54, 1.807) is 0 Å². The lowest BCUT2D eigenvalue weighted by molar-refractivity contribution is 1.12. The minimum Gasteiger partial charge on any atom is -0.378 e. The van der Waals surface area contributed by atoms with Crippen molar-refractivity contribution in [1.29, 1.82) is 0 Å². The fourth-order valence-corrected chi connectivity index (χ4v) is 3.10. The first kappa shape index (κ1) is 13.0. The average molecular weight is 286 g/mol. The molecule has 4 rings (SSSR count). The number of hydrogen-bond acceptors (Lipinski definition) is 1. The molecule has 0 saturated heterocycles. The van der Waals surface area contributed by atoms with Gasteiger partial charge in [0.05, 0.1) is 11.0 Å². The van der Waals surface area contributed by atoms with Gasteiger partial charge in [0.2, 0.25) is 0 Å². The highest BCUT2D eigenvalue weighted by atomic mass is 15.1. The Labute approximate surface area is 130 Å². The summed E-state index contributed by atoms with van der Waals surface area (Å²) in [4.78, 5) is 2.12. The molecule has 0 bridgehead atoms. The molecule has 0 aliphatic carbocycles. The quantitative estimate of drug-likeness (QED) is 0.511. The second-order valence-corrected chi connectivity index (χ2v) is 5.78. The molecule has 0 aliphatic heterocycles. The van der Waals surface area contributed by atoms with Gasteiger partial charge < -0.3 is 9.47 Å². The monoisotopic (exact) mass is 286 g/mol. The number of rotatable bonds is 2. The molecule has 0 aliphatic rings. The Bertz CT molecular complexity index is 893. The predicted octanol–water partition coefficient (Wildman–Crippen LogP) is 4.85. The molecule has 0 spiro atoms. The third-order valence-corrected chi connectivity index (χ3v) is 4.20. The van der Waals surface area contributed by atoms with Crippen molar-refractivity contribution in [3.05, 3.63) is 72.8 Å². The highest BCUT2D eigenvalue weighted by Crippen LogP contribution is 2.32. The first-order chi connectivity index (χ1) is 10.8. The van der Waals surface area contributed by atoms with Crippen molar-refractivity contribution >= 4 is 27.5 Å². The van der Waals surface area contributed by atoms with Crippen LogP contribution < -0.4 is 4.90 Å². The van der Waals surface area contributed by atoms with Gasteiger partial charge in [-0.1, -0.05) is 36.4 Å². The molecule has 1 aromatic heterocycles. The van der Waals surface area contributed by atoms with E-state index in [0.717, 1.165) is 0 Å². The number of para-hydroxylation sites is 2. The largest absolute Gasteiger partial charge is 0.378 e. The zero-order valence-electron chi connectivity index (χ0n) is 12.8. The highest BCUT2D eigenvalue weighted by Gasteiger charge is 2.10. The van der Waals surface area contributed by atoms with Gasteiger partial charge in [0, 0.05) is 36.2 Å². The van der Waals surface area contributed by atoms with Crippen LogP contribution in [0.4, 0.5) is 5.69 Å². The third-order valence-electron chi connectivity index (χ3n) is 4.20. The van der Waals surface area contributed by atoms with Crippen molar-refractivity contribution in [2.45, 2.75) is 0 Å². The summed E-state index contributed by atoms with van der Waals surface area (Å²) in [7, 11) is 4.13. The van der Waals surface area contributed by atoms with Crippen molar-refractivity contribution in [1.82, 2.24) is 4.57 Å². The van der Waals surface area contributed by atoms with Gasteiger partial charge in [-0.2, -0.15) is 0 Å². The van der Waals surface area contributed by atoms with Crippen molar-refractivity contribution in [2.24, 2.45) is 0 Å². The molecule has 0 unspecified atom stereocenters. The molecule has 1 heterocycles. The zero-order valence-corrected chi connectivity index (χ0v) is 12.8. The minimum absolute atomic E-state index is 1.20. The van der Waals surface area contributed by atoms with E-state index in [1.165, 1.54) is 33.2 Å². The average Bonchev–Trinajstić information content (AvgIpc) is 2.89. The van der Waals surface area contributed by atoms with E-state index in [9.17, 15) is 0 Å². The standard InChI is InChI=1S/C20H18N2/c1-21(2)15-11-13-16(14-12-15)22-19-9-5-3-7-17(19)18-8-4-6-10-20(18)22/h3-14H,1-2H3. The summed E-state index contributed by atoms with van der Waals surface area (Å²) >= 11 is 0. The second-order valence-electron chi connectivity index (χ2n) is 5.78. The van der Waals surface area contributed by atoms with Crippen LogP contribution in [-0.4, -0.2) is 18.7 Å². The maximum absolute atomic E-state index is 2.34. The number of aromatic nitrogens is 1. The summed E-state index contributed by atoms with van der Waals surface area (Å²) in [5.74, 6) is 0. The second kappa shape index (κ2) is 4.92. The van der Waals surface area contributed by atoms with Crippen molar-refractivity contribution in [2.75, 3.05) is 19.0 Å². The summed E-state index contributed by atoms with van der Waals surface area (Å²) in [6.07, 6.45) is 0. The van der Waals surface area contributed by atoms with Crippen LogP contribution >= 0.6 is 0 Å². The number of benzene rings is 3. The van der Waals surface area contributed by atoms with Crippen molar-refractivity contribution < 1.29 is 0 Å². The van der Waals surface area contributed by atoms with E-state index in [1.807, 2.05) is 0 Å². The molecule has 4 aromatic rings. The van der Waals surface area contributed by atoms with Crippen LogP contribution in [0.5, 0.6) is 0 Å². The molecule has 2 nitrogen and oxygen atoms in total. The molecule has 3 aromatic carbocycles. The van der Waals surface area contributed by atoms with Gasteiger partial charge in [-0.15, -0.1) is 0 Å². The number of nitrogens with zero attached hydrogens (tertiary/aromatic N) is 2. The fourth-order valence-electron chi connectivity index (χ4n) is 3.10. The van der Waals surface area contributed by atoms with E-state index >= 15 is 0 Å². The van der Waals surface area contributed by atoms with Crippen molar-refractivity contribution in [3.8, 4) is 5.69 Å². The lowest BCUT2D eigenvalue weighted by Gasteiger charge is -2.14. The summed E-state index contributed by atoms with van der Waals surface area (Å²) in [6, 6.07) is 25.9. The van der Waals surface area contributed by atoms with Crippen molar-refractivity contribution in [3.63, 3.8) is 0 Å². The Hall–Kier alpha value is -2.74. The van der Waals surface area contributed by atoms with E-state index in [-0.39, 0.29) is 0 Å². The van der Waals surface area contributed by atoms with Crippen LogP contribution in [0.2, 0.25) is 0 Å². The Balaban J connectivity index is 2.04. The molecular weight excluding hydrogens is 268 g/mol. The van der Waals surface area contributed by atoms with Crippen LogP contribution in [0, 0.1) is 0 Å². The van der Waals surface area contributed by atoms with Crippen LogP contribution in [0.1, 0.15) is 0 Å². The van der Waals surface area contributed by atoms with Crippen LogP contribution in [0.15, 0.2) is 72.8 Å². The number of fused-ring (bicyclic) bond motifs is 3. The first-order valence-electron chi connectivity index (χ1n) is 7.51. The number of anilines is 1. The third kappa shape index (κ3) is 1.88. The topological polar surface area (TPSA) is 8.17 Å². The molecule has 0 fully saturated rings. The molecule has 22 heavy (non-hydrogen) atoms. The Morgan fingerprint density at radius 2 is 1.14 bits per heavy atom. The van der Waals surface area contributed by atoms with Gasteiger partial charge in [0.25, 0.3) is 0 Å². The summed E-state index contributed by atoms with van der Waals surface area (Å²) in [5.41, 5.74) is 4.91. The molecule has 0 N–H and O–H groups in total. The molecule has 0 amide bonds. The van der Waals surface area contributed by atoms with Crippen LogP contribution in [0.25, 0.3) is 27.5 Å². The van der Waals surface area contributed by atoms with Gasteiger partial charge in [-0.05, 0) is 36.4 Å². The van der Waals surface area contributed by atoms with Crippen LogP contribution in [0.3, 0.4) is 0 Å². The fraction of sp³-hybridized carbons (Fsp3) is 0.100. The van der Waals surface area contributed by atoms with E-state index in [0.29, 0.717) is 0 Å². The maximum Gasteiger partial charge on any atom is 0.0541 e. The molecule has 0 saturated carbocycles. The van der Waals surface area contributed by atoms with Gasteiger partial charge in [0.15, 0.2) is 0 Å². The van der Waals surface area contributed by atoms with E-state index in [2.05, 4.69) is 96.4 Å². The van der Waals surface area contributed by atoms with E-state index < -0.39 is 0 Å². The summed E-state index contributed by atoms with van der Waals surface area (Å²) in [5, 5.41) is 2.60. The molecule has 0 radical (unpaired) electrons. The lowest BCUT2D eigenvalue weighted by atomic mass is 10.2. The van der Waals surface area contributed by atoms with E-state index in [4.69, 9.17) is 0 Å². The van der Waals surface area contributed by atoms with Crippen LogP contribution in [-0.2, 0) is 0 Å². The maximum atomic E-state index is 2.34. The Kier molecular flexibility index (Phi) is 2.90. The summed E-state index contributed by atoms with van der Waals surface area (Å²) in [6.45, 7) is 0. The Morgan fingerprint density at radius 1 is 0.636 bits per heavy atom. The molecule has 0 atom stereocenters. The molecule has 2 heteroatoms. The first-order valence-corrected chi connectivity index (χ1v) is 7.51. The smallest absolute Gasteiger partial charge is 0.0541 e. The minimum atomic E-state index is 1.20. The molecule has 108 valence electrons. The zero-order chi connectivity index (χ0) is 15.1. The number of hydrogen-bond donors (Lipinski definition) is 0. The lowest BCUT2D eigenvalue weighted by Crippen LogP contribution is -2.08. The predicted molar refractivity (Wildman–Crippen MR) is 95.1 cm³/mol. The van der Waals surface area contributed by atoms with Gasteiger partial charge >= 0.3 is 0 Å². The van der Waals surface area contributed by atoms with Gasteiger partial charge in [-0.25, -0.2) is 0 Å². The SMILES string of the molecule is CN(C)c1ccc(-n2c3ccccc3c3ccccc32)cc1. The highest BCUT2D eigenvalue weighted by molar-refractivity contribution is 6.09. The Morgan fingerprint density at radius 3 is 1.64 bits per heavy atom. The normalized spacial score (nSPS) is 11.2. The van der Waals surface area contributed by atoms with Gasteiger partial charge in [-0.3, -0.25) is 0 Å². The molecular formula is C20H18N2.